The molecule has 1 saturated heterocycles. The standard InChI is InChI=1S/C16H20N8O/c1-22(2)14-4-3-13-19-20-15(24(13)21-14)11-5-7-23(8-6-11)16(25)12-9-17-10-18-12/h3-4,9-11H,5-8H2,1-2H3,(H,17,18). The van der Waals surface area contributed by atoms with Crippen LogP contribution in [0.4, 0.5) is 5.82 Å². The minimum atomic E-state index is -0.00456. The molecule has 1 fully saturated rings. The fraction of sp³-hybridized carbons (Fsp3) is 0.438. The van der Waals surface area contributed by atoms with Gasteiger partial charge in [0, 0.05) is 33.1 Å². The number of hydrogen-bond donors (Lipinski definition) is 1. The zero-order valence-corrected chi connectivity index (χ0v) is 14.3. The fourth-order valence-electron chi connectivity index (χ4n) is 3.17. The van der Waals surface area contributed by atoms with Crippen molar-refractivity contribution in [2.75, 3.05) is 32.1 Å². The molecule has 0 atom stereocenters. The first-order chi connectivity index (χ1) is 12.1. The molecular weight excluding hydrogens is 320 g/mol. The number of anilines is 1. The molecule has 1 amide bonds. The van der Waals surface area contributed by atoms with E-state index in [1.165, 1.54) is 6.33 Å². The normalized spacial score (nSPS) is 15.7. The number of carbonyl (C=O) groups excluding carboxylic acids is 1. The minimum Gasteiger partial charge on any atom is -0.361 e. The Labute approximate surface area is 144 Å². The molecular formula is C16H20N8O. The third-order valence-electron chi connectivity index (χ3n) is 4.61. The Kier molecular flexibility index (Phi) is 3.83. The molecule has 0 aliphatic carbocycles. The monoisotopic (exact) mass is 340 g/mol. The molecule has 0 unspecified atom stereocenters. The van der Waals surface area contributed by atoms with Gasteiger partial charge in [0.15, 0.2) is 11.5 Å². The Bertz CT molecular complexity index is 877. The van der Waals surface area contributed by atoms with E-state index in [-0.39, 0.29) is 11.8 Å². The summed E-state index contributed by atoms with van der Waals surface area (Å²) in [5.41, 5.74) is 1.28. The number of fused-ring (bicyclic) bond motifs is 1. The highest BCUT2D eigenvalue weighted by Crippen LogP contribution is 2.27. The van der Waals surface area contributed by atoms with Crippen molar-refractivity contribution in [1.82, 2.24) is 34.7 Å². The summed E-state index contributed by atoms with van der Waals surface area (Å²) in [6, 6.07) is 3.86. The molecule has 3 aromatic heterocycles. The summed E-state index contributed by atoms with van der Waals surface area (Å²) < 4.78 is 1.83. The lowest BCUT2D eigenvalue weighted by atomic mass is 9.96. The number of rotatable bonds is 3. The van der Waals surface area contributed by atoms with Crippen LogP contribution < -0.4 is 4.90 Å². The van der Waals surface area contributed by atoms with Crippen molar-refractivity contribution < 1.29 is 4.79 Å². The first kappa shape index (κ1) is 15.6. The third kappa shape index (κ3) is 2.81. The topological polar surface area (TPSA) is 95.3 Å². The Hall–Kier alpha value is -2.97. The predicted molar refractivity (Wildman–Crippen MR) is 91.6 cm³/mol. The molecule has 0 aromatic carbocycles. The zero-order chi connectivity index (χ0) is 17.4. The van der Waals surface area contributed by atoms with Crippen LogP contribution >= 0.6 is 0 Å². The molecule has 0 spiro atoms. The molecule has 4 rings (SSSR count). The lowest BCUT2D eigenvalue weighted by molar-refractivity contribution is 0.0705. The van der Waals surface area contributed by atoms with Gasteiger partial charge >= 0.3 is 0 Å². The molecule has 1 aliphatic rings. The van der Waals surface area contributed by atoms with Gasteiger partial charge in [0.25, 0.3) is 5.91 Å². The fourth-order valence-corrected chi connectivity index (χ4v) is 3.17. The van der Waals surface area contributed by atoms with Crippen molar-refractivity contribution in [2.24, 2.45) is 0 Å². The van der Waals surface area contributed by atoms with Gasteiger partial charge in [-0.15, -0.1) is 15.3 Å². The maximum absolute atomic E-state index is 12.4. The molecule has 0 saturated carbocycles. The van der Waals surface area contributed by atoms with Gasteiger partial charge in [-0.1, -0.05) is 0 Å². The molecule has 0 radical (unpaired) electrons. The Morgan fingerprint density at radius 2 is 2.04 bits per heavy atom. The quantitative estimate of drug-likeness (QED) is 0.762. The number of aromatic amines is 1. The van der Waals surface area contributed by atoms with Crippen molar-refractivity contribution >= 4 is 17.4 Å². The van der Waals surface area contributed by atoms with Gasteiger partial charge in [0.2, 0.25) is 0 Å². The Morgan fingerprint density at radius 3 is 2.72 bits per heavy atom. The maximum atomic E-state index is 12.4. The highest BCUT2D eigenvalue weighted by molar-refractivity contribution is 5.92. The van der Waals surface area contributed by atoms with Crippen LogP contribution in [-0.4, -0.2) is 67.8 Å². The van der Waals surface area contributed by atoms with Crippen molar-refractivity contribution in [3.8, 4) is 0 Å². The van der Waals surface area contributed by atoms with Crippen LogP contribution in [0.3, 0.4) is 0 Å². The van der Waals surface area contributed by atoms with Crippen LogP contribution in [0.1, 0.15) is 35.1 Å². The highest BCUT2D eigenvalue weighted by Gasteiger charge is 2.28. The number of aromatic nitrogens is 6. The van der Waals surface area contributed by atoms with Crippen molar-refractivity contribution in [1.29, 1.82) is 0 Å². The third-order valence-corrected chi connectivity index (χ3v) is 4.61. The number of imidazole rings is 1. The van der Waals surface area contributed by atoms with Crippen LogP contribution in [0.2, 0.25) is 0 Å². The Morgan fingerprint density at radius 1 is 1.24 bits per heavy atom. The smallest absolute Gasteiger partial charge is 0.271 e. The van der Waals surface area contributed by atoms with Crippen LogP contribution in [0.5, 0.6) is 0 Å². The number of likely N-dealkylation sites (tertiary alicyclic amines) is 1. The number of H-pyrrole nitrogens is 1. The maximum Gasteiger partial charge on any atom is 0.271 e. The van der Waals surface area contributed by atoms with E-state index in [0.717, 1.165) is 30.1 Å². The van der Waals surface area contributed by atoms with Gasteiger partial charge in [0.1, 0.15) is 11.5 Å². The van der Waals surface area contributed by atoms with Gasteiger partial charge in [-0.2, -0.15) is 4.52 Å². The number of hydrogen-bond acceptors (Lipinski definition) is 6. The van der Waals surface area contributed by atoms with Crippen molar-refractivity contribution in [3.63, 3.8) is 0 Å². The second-order valence-electron chi connectivity index (χ2n) is 6.45. The zero-order valence-electron chi connectivity index (χ0n) is 14.3. The molecule has 1 N–H and O–H groups in total. The highest BCUT2D eigenvalue weighted by atomic mass is 16.2. The molecule has 3 aromatic rings. The number of nitrogens with zero attached hydrogens (tertiary/aromatic N) is 7. The molecule has 9 nitrogen and oxygen atoms in total. The predicted octanol–water partition coefficient (Wildman–Crippen LogP) is 0.933. The van der Waals surface area contributed by atoms with Gasteiger partial charge in [0.05, 0.1) is 12.5 Å². The lowest BCUT2D eigenvalue weighted by Gasteiger charge is -2.30. The Balaban J connectivity index is 1.52. The summed E-state index contributed by atoms with van der Waals surface area (Å²) in [5.74, 6) is 1.97. The summed E-state index contributed by atoms with van der Waals surface area (Å²) in [7, 11) is 3.91. The van der Waals surface area contributed by atoms with Gasteiger partial charge < -0.3 is 14.8 Å². The van der Waals surface area contributed by atoms with E-state index in [0.29, 0.717) is 18.8 Å². The molecule has 9 heteroatoms. The SMILES string of the molecule is CN(C)c1ccc2nnc(C3CCN(C(=O)c4cnc[nH]4)CC3)n2n1. The van der Waals surface area contributed by atoms with E-state index < -0.39 is 0 Å². The first-order valence-electron chi connectivity index (χ1n) is 8.31. The van der Waals surface area contributed by atoms with E-state index in [1.54, 1.807) is 6.20 Å². The van der Waals surface area contributed by atoms with E-state index in [1.807, 2.05) is 40.5 Å². The largest absolute Gasteiger partial charge is 0.361 e. The number of amides is 1. The average Bonchev–Trinajstić information content (AvgIpc) is 3.30. The number of piperidine rings is 1. The molecule has 4 heterocycles. The second kappa shape index (κ2) is 6.15. The molecule has 25 heavy (non-hydrogen) atoms. The summed E-state index contributed by atoms with van der Waals surface area (Å²) in [4.78, 5) is 23.0. The van der Waals surface area contributed by atoms with E-state index in [4.69, 9.17) is 0 Å². The average molecular weight is 340 g/mol. The minimum absolute atomic E-state index is 0.00456. The molecule has 0 bridgehead atoms. The summed E-state index contributed by atoms with van der Waals surface area (Å²) in [6.45, 7) is 1.37. The van der Waals surface area contributed by atoms with Crippen LogP contribution in [0, 0.1) is 0 Å². The molecule has 130 valence electrons. The summed E-state index contributed by atoms with van der Waals surface area (Å²) in [5, 5.41) is 13.2. The van der Waals surface area contributed by atoms with Gasteiger partial charge in [-0.3, -0.25) is 4.79 Å². The summed E-state index contributed by atoms with van der Waals surface area (Å²) in [6.07, 6.45) is 4.77. The van der Waals surface area contributed by atoms with Crippen LogP contribution in [0.15, 0.2) is 24.7 Å². The van der Waals surface area contributed by atoms with Crippen molar-refractivity contribution in [2.45, 2.75) is 18.8 Å². The van der Waals surface area contributed by atoms with Crippen molar-refractivity contribution in [3.05, 3.63) is 36.2 Å². The van der Waals surface area contributed by atoms with Gasteiger partial charge in [-0.05, 0) is 25.0 Å². The van der Waals surface area contributed by atoms with Crippen LogP contribution in [-0.2, 0) is 0 Å². The molecule has 1 aliphatic heterocycles. The first-order valence-corrected chi connectivity index (χ1v) is 8.31. The van der Waals surface area contributed by atoms with E-state index >= 15 is 0 Å². The lowest BCUT2D eigenvalue weighted by Crippen LogP contribution is -2.38. The number of nitrogens with one attached hydrogen (secondary N) is 1. The van der Waals surface area contributed by atoms with E-state index in [9.17, 15) is 4.79 Å². The van der Waals surface area contributed by atoms with E-state index in [2.05, 4.69) is 25.3 Å². The van der Waals surface area contributed by atoms with Gasteiger partial charge in [-0.25, -0.2) is 4.98 Å². The number of carbonyl (C=O) groups is 1. The summed E-state index contributed by atoms with van der Waals surface area (Å²) >= 11 is 0. The second-order valence-corrected chi connectivity index (χ2v) is 6.45. The van der Waals surface area contributed by atoms with Crippen LogP contribution in [0.25, 0.3) is 5.65 Å².